The minimum atomic E-state index is 0.115. The van der Waals surface area contributed by atoms with Crippen molar-refractivity contribution in [1.29, 1.82) is 0 Å². The fourth-order valence-electron chi connectivity index (χ4n) is 3.44. The number of hydrogen-bond donors (Lipinski definition) is 3. The molecule has 5 N–H and O–H groups in total. The van der Waals surface area contributed by atoms with E-state index in [-0.39, 0.29) is 5.92 Å². The Bertz CT molecular complexity index is 1020. The normalized spacial score (nSPS) is 16.5. The first-order chi connectivity index (χ1) is 12.9. The lowest BCUT2D eigenvalue weighted by atomic mass is 9.91. The number of anilines is 2. The van der Waals surface area contributed by atoms with Crippen molar-refractivity contribution in [1.82, 2.24) is 25.6 Å². The molecule has 0 saturated carbocycles. The van der Waals surface area contributed by atoms with Gasteiger partial charge in [-0.2, -0.15) is 5.48 Å². The first kappa shape index (κ1) is 17.6. The summed E-state index contributed by atoms with van der Waals surface area (Å²) in [7, 11) is 0. The summed E-state index contributed by atoms with van der Waals surface area (Å²) in [6.45, 7) is 6.63. The van der Waals surface area contributed by atoms with Gasteiger partial charge in [0.1, 0.15) is 5.01 Å². The van der Waals surface area contributed by atoms with E-state index in [9.17, 15) is 0 Å². The molecular weight excluding hydrogens is 362 g/mol. The maximum Gasteiger partial charge on any atom is 0.220 e. The van der Waals surface area contributed by atoms with E-state index in [2.05, 4.69) is 31.7 Å². The van der Waals surface area contributed by atoms with Gasteiger partial charge in [0.05, 0.1) is 5.69 Å². The van der Waals surface area contributed by atoms with Crippen LogP contribution in [0.2, 0.25) is 0 Å². The average Bonchev–Trinajstić information content (AvgIpc) is 2.93. The van der Waals surface area contributed by atoms with Crippen LogP contribution in [0.1, 0.15) is 34.0 Å². The second-order valence-corrected chi connectivity index (χ2v) is 7.76. The monoisotopic (exact) mass is 383 g/mol. The number of aryl methyl sites for hydroxylation is 2. The van der Waals surface area contributed by atoms with E-state index in [0.29, 0.717) is 17.6 Å². The van der Waals surface area contributed by atoms with E-state index in [1.807, 2.05) is 26.8 Å². The third-order valence-electron chi connectivity index (χ3n) is 4.84. The topological polar surface area (TPSA) is 125 Å². The summed E-state index contributed by atoms with van der Waals surface area (Å²) in [4.78, 5) is 14.6. The second kappa shape index (κ2) is 6.75. The zero-order valence-corrected chi connectivity index (χ0v) is 16.2. The van der Waals surface area contributed by atoms with Crippen LogP contribution in [0.25, 0.3) is 10.6 Å². The highest BCUT2D eigenvalue weighted by Gasteiger charge is 2.25. The Kier molecular flexibility index (Phi) is 4.40. The molecule has 2 aromatic heterocycles. The summed E-state index contributed by atoms with van der Waals surface area (Å²) >= 11 is 1.37. The lowest BCUT2D eigenvalue weighted by molar-refractivity contribution is 0.195. The molecule has 0 spiro atoms. The van der Waals surface area contributed by atoms with Crippen molar-refractivity contribution in [2.24, 2.45) is 0 Å². The minimum Gasteiger partial charge on any atom is -0.408 e. The van der Waals surface area contributed by atoms with Gasteiger partial charge in [0.15, 0.2) is 5.75 Å². The van der Waals surface area contributed by atoms with Gasteiger partial charge in [-0.1, -0.05) is 11.3 Å². The molecule has 1 aromatic carbocycles. The quantitative estimate of drug-likeness (QED) is 0.616. The third-order valence-corrected chi connectivity index (χ3v) is 5.64. The lowest BCUT2D eigenvalue weighted by Gasteiger charge is -2.17. The molecule has 0 radical (unpaired) electrons. The van der Waals surface area contributed by atoms with Gasteiger partial charge in [0.25, 0.3) is 0 Å². The van der Waals surface area contributed by atoms with Crippen LogP contribution in [-0.2, 0) is 6.42 Å². The van der Waals surface area contributed by atoms with Crippen molar-refractivity contribution in [3.8, 4) is 16.3 Å². The SMILES string of the molecule is Cc1cc(-c2nnc(N)s2)cc2c1ONCC(c1nc(N)nc(C)c1C)C2. The van der Waals surface area contributed by atoms with Crippen LogP contribution in [0.4, 0.5) is 11.1 Å². The molecule has 0 amide bonds. The molecule has 9 heteroatoms. The summed E-state index contributed by atoms with van der Waals surface area (Å²) < 4.78 is 0. The van der Waals surface area contributed by atoms with Gasteiger partial charge in [0, 0.05) is 23.7 Å². The molecule has 0 bridgehead atoms. The fourth-order valence-corrected chi connectivity index (χ4v) is 4.03. The first-order valence-electron chi connectivity index (χ1n) is 8.65. The number of rotatable bonds is 2. The predicted molar refractivity (Wildman–Crippen MR) is 105 cm³/mol. The van der Waals surface area contributed by atoms with Gasteiger partial charge in [-0.3, -0.25) is 0 Å². The molecular formula is C18H21N7OS. The highest BCUT2D eigenvalue weighted by atomic mass is 32.1. The summed E-state index contributed by atoms with van der Waals surface area (Å²) in [5.74, 6) is 1.26. The summed E-state index contributed by atoms with van der Waals surface area (Å²) in [5.41, 5.74) is 20.7. The van der Waals surface area contributed by atoms with Crippen molar-refractivity contribution in [2.75, 3.05) is 18.0 Å². The molecule has 0 saturated heterocycles. The maximum absolute atomic E-state index is 5.90. The number of hydrogen-bond acceptors (Lipinski definition) is 9. The largest absolute Gasteiger partial charge is 0.408 e. The molecule has 0 fully saturated rings. The highest BCUT2D eigenvalue weighted by molar-refractivity contribution is 7.18. The molecule has 27 heavy (non-hydrogen) atoms. The first-order valence-corrected chi connectivity index (χ1v) is 9.47. The van der Waals surface area contributed by atoms with Crippen molar-refractivity contribution in [3.05, 3.63) is 40.2 Å². The second-order valence-electron chi connectivity index (χ2n) is 6.76. The van der Waals surface area contributed by atoms with Crippen LogP contribution in [-0.4, -0.2) is 26.7 Å². The van der Waals surface area contributed by atoms with Gasteiger partial charge < -0.3 is 16.3 Å². The number of hydroxylamine groups is 1. The number of nitrogens with zero attached hydrogens (tertiary/aromatic N) is 4. The molecule has 0 aliphatic carbocycles. The van der Waals surface area contributed by atoms with E-state index in [1.165, 1.54) is 11.3 Å². The Morgan fingerprint density at radius 3 is 2.70 bits per heavy atom. The van der Waals surface area contributed by atoms with Crippen LogP contribution in [0.3, 0.4) is 0 Å². The third kappa shape index (κ3) is 3.31. The zero-order valence-electron chi connectivity index (χ0n) is 15.4. The van der Waals surface area contributed by atoms with E-state index in [0.717, 1.165) is 50.8 Å². The van der Waals surface area contributed by atoms with Gasteiger partial charge in [-0.05, 0) is 56.0 Å². The molecule has 1 aliphatic heterocycles. The Morgan fingerprint density at radius 2 is 1.96 bits per heavy atom. The summed E-state index contributed by atoms with van der Waals surface area (Å²) in [6, 6.07) is 4.13. The average molecular weight is 383 g/mol. The lowest BCUT2D eigenvalue weighted by Crippen LogP contribution is -2.25. The number of nitrogens with one attached hydrogen (secondary N) is 1. The van der Waals surface area contributed by atoms with E-state index < -0.39 is 0 Å². The predicted octanol–water partition coefficient (Wildman–Crippen LogP) is 2.31. The molecule has 1 aliphatic rings. The molecule has 1 unspecified atom stereocenters. The Labute approximate surface area is 161 Å². The minimum absolute atomic E-state index is 0.115. The van der Waals surface area contributed by atoms with Crippen LogP contribution >= 0.6 is 11.3 Å². The van der Waals surface area contributed by atoms with Gasteiger partial charge in [0.2, 0.25) is 11.1 Å². The van der Waals surface area contributed by atoms with Crippen LogP contribution < -0.4 is 21.8 Å². The molecule has 8 nitrogen and oxygen atoms in total. The summed E-state index contributed by atoms with van der Waals surface area (Å²) in [5, 5.41) is 9.33. The van der Waals surface area contributed by atoms with E-state index in [1.54, 1.807) is 0 Å². The smallest absolute Gasteiger partial charge is 0.220 e. The number of aromatic nitrogens is 4. The fraction of sp³-hybridized carbons (Fsp3) is 0.333. The molecule has 140 valence electrons. The van der Waals surface area contributed by atoms with Crippen molar-refractivity contribution in [3.63, 3.8) is 0 Å². The van der Waals surface area contributed by atoms with Gasteiger partial charge >= 0.3 is 0 Å². The number of nitrogens with two attached hydrogens (primary N) is 2. The summed E-state index contributed by atoms with van der Waals surface area (Å²) in [6.07, 6.45) is 0.766. The zero-order chi connectivity index (χ0) is 19.1. The van der Waals surface area contributed by atoms with Crippen molar-refractivity contribution in [2.45, 2.75) is 33.1 Å². The van der Waals surface area contributed by atoms with Crippen LogP contribution in [0.15, 0.2) is 12.1 Å². The standard InChI is InChI=1S/C18H21N7OS/c1-8-4-12(16-24-25-18(20)27-16)5-11-6-13(7-21-26-15(8)11)14-9(2)10(3)22-17(19)23-14/h4-5,13,21H,6-7H2,1-3H3,(H2,20,25)(H2,19,22,23). The van der Waals surface area contributed by atoms with Crippen molar-refractivity contribution < 1.29 is 4.84 Å². The van der Waals surface area contributed by atoms with E-state index in [4.69, 9.17) is 16.3 Å². The van der Waals surface area contributed by atoms with Crippen molar-refractivity contribution >= 4 is 22.4 Å². The highest BCUT2D eigenvalue weighted by Crippen LogP contribution is 2.36. The number of nitrogen functional groups attached to an aromatic ring is 2. The Morgan fingerprint density at radius 1 is 1.15 bits per heavy atom. The Balaban J connectivity index is 1.76. The maximum atomic E-state index is 5.90. The number of fused-ring (bicyclic) bond motifs is 1. The number of benzene rings is 1. The Hall–Kier alpha value is -2.78. The molecule has 3 aromatic rings. The van der Waals surface area contributed by atoms with Crippen LogP contribution in [0, 0.1) is 20.8 Å². The van der Waals surface area contributed by atoms with E-state index >= 15 is 0 Å². The van der Waals surface area contributed by atoms with Gasteiger partial charge in [-0.25, -0.2) is 9.97 Å². The molecule has 4 rings (SSSR count). The molecule has 3 heterocycles. The molecule has 1 atom stereocenters. The van der Waals surface area contributed by atoms with Gasteiger partial charge in [-0.15, -0.1) is 10.2 Å². The van der Waals surface area contributed by atoms with Crippen LogP contribution in [0.5, 0.6) is 5.75 Å².